The lowest BCUT2D eigenvalue weighted by Crippen LogP contribution is -2.14. The number of hydrogen-bond acceptors (Lipinski definition) is 5. The van der Waals surface area contributed by atoms with Gasteiger partial charge in [0.15, 0.2) is 10.7 Å². The van der Waals surface area contributed by atoms with Crippen LogP contribution < -0.4 is 4.74 Å². The van der Waals surface area contributed by atoms with Crippen molar-refractivity contribution in [3.8, 4) is 11.8 Å². The first-order valence-electron chi connectivity index (χ1n) is 7.37. The average molecular weight is 326 g/mol. The van der Waals surface area contributed by atoms with Crippen LogP contribution in [0.5, 0.6) is 5.75 Å². The Kier molecular flexibility index (Phi) is 3.82. The molecule has 0 aliphatic heterocycles. The molecular weight excluding hydrogens is 308 g/mol. The molecule has 0 bridgehead atoms. The summed E-state index contributed by atoms with van der Waals surface area (Å²) in [6, 6.07) is 10.1. The van der Waals surface area contributed by atoms with Gasteiger partial charge in [-0.15, -0.1) is 0 Å². The average Bonchev–Trinajstić information content (AvgIpc) is 3.03. The smallest absolute Gasteiger partial charge is 0.213 e. The first-order chi connectivity index (χ1) is 10.9. The molecule has 0 saturated carbocycles. The van der Waals surface area contributed by atoms with Gasteiger partial charge in [-0.25, -0.2) is 4.98 Å². The number of rotatable bonds is 3. The minimum absolute atomic E-state index is 0.183. The normalized spacial score (nSPS) is 11.6. The maximum Gasteiger partial charge on any atom is 0.213 e. The van der Waals surface area contributed by atoms with Crippen molar-refractivity contribution in [2.45, 2.75) is 39.7 Å². The summed E-state index contributed by atoms with van der Waals surface area (Å²) in [5, 5.41) is 14.7. The molecule has 6 heteroatoms. The van der Waals surface area contributed by atoms with Gasteiger partial charge in [-0.05, 0) is 19.1 Å². The lowest BCUT2D eigenvalue weighted by atomic mass is 9.91. The van der Waals surface area contributed by atoms with Crippen molar-refractivity contribution in [3.05, 3.63) is 46.2 Å². The zero-order valence-electron chi connectivity index (χ0n) is 13.6. The van der Waals surface area contributed by atoms with Crippen LogP contribution in [0.2, 0.25) is 0 Å². The Morgan fingerprint density at radius 1 is 1.26 bits per heavy atom. The maximum absolute atomic E-state index is 9.43. The Bertz CT molecular complexity index is 878. The highest BCUT2D eigenvalue weighted by Crippen LogP contribution is 2.28. The summed E-state index contributed by atoms with van der Waals surface area (Å²) in [7, 11) is 0. The molecule has 0 aliphatic rings. The third kappa shape index (κ3) is 3.06. The van der Waals surface area contributed by atoms with E-state index in [9.17, 15) is 5.26 Å². The van der Waals surface area contributed by atoms with E-state index in [0.29, 0.717) is 12.3 Å². The van der Waals surface area contributed by atoms with E-state index in [2.05, 4.69) is 16.2 Å². The lowest BCUT2D eigenvalue weighted by Gasteiger charge is -2.14. The van der Waals surface area contributed by atoms with E-state index in [4.69, 9.17) is 4.74 Å². The molecule has 1 aromatic carbocycles. The van der Waals surface area contributed by atoms with Gasteiger partial charge in [0.05, 0.1) is 5.69 Å². The largest absolute Gasteiger partial charge is 0.486 e. The van der Waals surface area contributed by atoms with E-state index < -0.39 is 0 Å². The number of nitrogens with zero attached hydrogens (tertiary/aromatic N) is 4. The van der Waals surface area contributed by atoms with Gasteiger partial charge >= 0.3 is 0 Å². The molecule has 3 rings (SSSR count). The van der Waals surface area contributed by atoms with Gasteiger partial charge in [-0.2, -0.15) is 14.9 Å². The quantitative estimate of drug-likeness (QED) is 0.733. The summed E-state index contributed by atoms with van der Waals surface area (Å²) in [6.45, 7) is 8.54. The summed E-state index contributed by atoms with van der Waals surface area (Å²) in [4.78, 5) is 5.31. The molecule has 0 aliphatic carbocycles. The molecule has 0 amide bonds. The number of fused-ring (bicyclic) bond motifs is 1. The summed E-state index contributed by atoms with van der Waals surface area (Å²) >= 11 is 1.45. The second-order valence-corrected chi connectivity index (χ2v) is 7.50. The SMILES string of the molecule is Cc1ccc(OCc2nn3c(C#N)c(C(C)(C)C)nc3s2)cc1. The van der Waals surface area contributed by atoms with E-state index in [1.807, 2.05) is 52.0 Å². The number of ether oxygens (including phenoxy) is 1. The topological polar surface area (TPSA) is 63.2 Å². The highest BCUT2D eigenvalue weighted by atomic mass is 32.1. The van der Waals surface area contributed by atoms with Crippen molar-refractivity contribution >= 4 is 16.3 Å². The highest BCUT2D eigenvalue weighted by Gasteiger charge is 2.25. The van der Waals surface area contributed by atoms with Crippen LogP contribution in [0.4, 0.5) is 0 Å². The molecule has 3 aromatic rings. The molecule has 0 spiro atoms. The first kappa shape index (κ1) is 15.5. The van der Waals surface area contributed by atoms with Crippen LogP contribution in [-0.2, 0) is 12.0 Å². The predicted molar refractivity (Wildman–Crippen MR) is 89.8 cm³/mol. The van der Waals surface area contributed by atoms with Crippen molar-refractivity contribution in [1.82, 2.24) is 14.6 Å². The third-order valence-corrected chi connectivity index (χ3v) is 4.33. The van der Waals surface area contributed by atoms with Gasteiger partial charge in [-0.1, -0.05) is 49.8 Å². The van der Waals surface area contributed by atoms with E-state index in [0.717, 1.165) is 21.4 Å². The molecule has 118 valence electrons. The fourth-order valence-electron chi connectivity index (χ4n) is 2.25. The number of aromatic nitrogens is 3. The molecule has 0 unspecified atom stereocenters. The summed E-state index contributed by atoms with van der Waals surface area (Å²) in [5.41, 5.74) is 2.30. The Labute approximate surface area is 139 Å². The molecule has 0 radical (unpaired) electrons. The molecule has 23 heavy (non-hydrogen) atoms. The molecule has 0 saturated heterocycles. The fraction of sp³-hybridized carbons (Fsp3) is 0.353. The monoisotopic (exact) mass is 326 g/mol. The van der Waals surface area contributed by atoms with Gasteiger partial charge in [0.2, 0.25) is 4.96 Å². The van der Waals surface area contributed by atoms with Crippen LogP contribution in [0.25, 0.3) is 4.96 Å². The van der Waals surface area contributed by atoms with Crippen LogP contribution in [0.1, 0.15) is 42.7 Å². The predicted octanol–water partition coefficient (Wildman–Crippen LogP) is 3.85. The van der Waals surface area contributed by atoms with E-state index in [1.54, 1.807) is 4.52 Å². The molecular formula is C17H18N4OS. The Morgan fingerprint density at radius 3 is 2.57 bits per heavy atom. The number of benzene rings is 1. The van der Waals surface area contributed by atoms with E-state index in [-0.39, 0.29) is 5.41 Å². The van der Waals surface area contributed by atoms with Gasteiger partial charge in [0, 0.05) is 5.41 Å². The molecule has 2 heterocycles. The van der Waals surface area contributed by atoms with E-state index >= 15 is 0 Å². The molecule has 0 atom stereocenters. The summed E-state index contributed by atoms with van der Waals surface area (Å²) in [6.07, 6.45) is 0. The Balaban J connectivity index is 1.85. The van der Waals surface area contributed by atoms with Crippen molar-refractivity contribution in [2.24, 2.45) is 0 Å². The van der Waals surface area contributed by atoms with Crippen molar-refractivity contribution in [3.63, 3.8) is 0 Å². The number of imidazole rings is 1. The zero-order chi connectivity index (χ0) is 16.6. The van der Waals surface area contributed by atoms with Crippen LogP contribution in [0, 0.1) is 18.3 Å². The van der Waals surface area contributed by atoms with Gasteiger partial charge < -0.3 is 4.74 Å². The maximum atomic E-state index is 9.43. The minimum Gasteiger partial charge on any atom is -0.486 e. The van der Waals surface area contributed by atoms with Crippen LogP contribution >= 0.6 is 11.3 Å². The minimum atomic E-state index is -0.183. The zero-order valence-corrected chi connectivity index (χ0v) is 14.4. The number of nitriles is 1. The summed E-state index contributed by atoms with van der Waals surface area (Å²) in [5.74, 6) is 0.805. The van der Waals surface area contributed by atoms with Crippen LogP contribution in [0.3, 0.4) is 0 Å². The van der Waals surface area contributed by atoms with Gasteiger partial charge in [0.25, 0.3) is 0 Å². The Hall–Kier alpha value is -2.39. The second-order valence-electron chi connectivity index (χ2n) is 6.46. The molecule has 2 aromatic heterocycles. The number of hydrogen-bond donors (Lipinski definition) is 0. The van der Waals surface area contributed by atoms with Crippen molar-refractivity contribution < 1.29 is 4.74 Å². The van der Waals surface area contributed by atoms with Crippen LogP contribution in [0.15, 0.2) is 24.3 Å². The lowest BCUT2D eigenvalue weighted by molar-refractivity contribution is 0.304. The summed E-state index contributed by atoms with van der Waals surface area (Å²) < 4.78 is 7.36. The van der Waals surface area contributed by atoms with Gasteiger partial charge in [-0.3, -0.25) is 0 Å². The van der Waals surface area contributed by atoms with Crippen molar-refractivity contribution in [2.75, 3.05) is 0 Å². The third-order valence-electron chi connectivity index (χ3n) is 3.44. The Morgan fingerprint density at radius 2 is 1.96 bits per heavy atom. The molecule has 5 nitrogen and oxygen atoms in total. The van der Waals surface area contributed by atoms with Crippen LogP contribution in [-0.4, -0.2) is 14.6 Å². The highest BCUT2D eigenvalue weighted by molar-refractivity contribution is 7.16. The second kappa shape index (κ2) is 5.67. The van der Waals surface area contributed by atoms with Crippen molar-refractivity contribution in [1.29, 1.82) is 5.26 Å². The van der Waals surface area contributed by atoms with E-state index in [1.165, 1.54) is 16.9 Å². The molecule has 0 N–H and O–H groups in total. The molecule has 0 fully saturated rings. The number of aryl methyl sites for hydroxylation is 1. The van der Waals surface area contributed by atoms with Gasteiger partial charge in [0.1, 0.15) is 18.4 Å². The first-order valence-corrected chi connectivity index (χ1v) is 8.18. The standard InChI is InChI=1S/C17H18N4OS/c1-11-5-7-12(8-6-11)22-10-14-20-21-13(9-18)15(17(2,3)4)19-16(21)23-14/h5-8H,10H2,1-4H3. The fourth-order valence-corrected chi connectivity index (χ4v) is 3.06.